The molecule has 1 fully saturated rings. The second kappa shape index (κ2) is 10.9. The average molecular weight is 510 g/mol. The van der Waals surface area contributed by atoms with Gasteiger partial charge in [0, 0.05) is 25.2 Å². The maximum absolute atomic E-state index is 12.9. The third-order valence-electron chi connectivity index (χ3n) is 5.62. The van der Waals surface area contributed by atoms with E-state index in [1.54, 1.807) is 0 Å². The van der Waals surface area contributed by atoms with E-state index in [4.69, 9.17) is 9.47 Å². The van der Waals surface area contributed by atoms with Crippen LogP contribution in [0, 0.1) is 6.92 Å². The minimum atomic E-state index is -4.03. The predicted molar refractivity (Wildman–Crippen MR) is 123 cm³/mol. The summed E-state index contributed by atoms with van der Waals surface area (Å²) in [5.41, 5.74) is -0.592. The number of carboxylic acid groups (broad SMARTS) is 1. The van der Waals surface area contributed by atoms with Crippen molar-refractivity contribution in [3.8, 4) is 17.2 Å². The third kappa shape index (κ3) is 6.84. The summed E-state index contributed by atoms with van der Waals surface area (Å²) >= 11 is 0. The van der Waals surface area contributed by atoms with Crippen molar-refractivity contribution in [1.29, 1.82) is 0 Å². The van der Waals surface area contributed by atoms with Crippen LogP contribution < -0.4 is 0 Å². The van der Waals surface area contributed by atoms with Crippen molar-refractivity contribution < 1.29 is 47.9 Å². The number of rotatable bonds is 9. The van der Waals surface area contributed by atoms with Gasteiger partial charge in [-0.1, -0.05) is 0 Å². The normalized spacial score (nSPS) is 14.5. The van der Waals surface area contributed by atoms with E-state index in [1.807, 2.05) is 4.90 Å². The lowest BCUT2D eigenvalue weighted by Gasteiger charge is -2.26. The molecule has 11 nitrogen and oxygen atoms in total. The molecule has 0 spiro atoms. The van der Waals surface area contributed by atoms with Crippen LogP contribution in [0.3, 0.4) is 0 Å². The van der Waals surface area contributed by atoms with E-state index in [0.29, 0.717) is 32.8 Å². The first-order chi connectivity index (χ1) is 16.5. The summed E-state index contributed by atoms with van der Waals surface area (Å²) in [6, 6.07) is 4.18. The number of esters is 1. The lowest BCUT2D eigenvalue weighted by atomic mass is 10.0. The molecular weight excluding hydrogens is 482 g/mol. The minimum Gasteiger partial charge on any atom is -0.508 e. The zero-order chi connectivity index (χ0) is 25.8. The van der Waals surface area contributed by atoms with Gasteiger partial charge in [0.1, 0.15) is 29.4 Å². The Morgan fingerprint density at radius 1 is 0.971 bits per heavy atom. The largest absolute Gasteiger partial charge is 0.508 e. The fourth-order valence-electron chi connectivity index (χ4n) is 3.77. The number of ether oxygens (including phenoxy) is 2. The maximum Gasteiger partial charge on any atom is 0.342 e. The summed E-state index contributed by atoms with van der Waals surface area (Å²) in [5, 5.41) is 39.6. The topological polar surface area (TPSA) is 171 Å². The van der Waals surface area contributed by atoms with Gasteiger partial charge in [0.15, 0.2) is 9.84 Å². The molecule has 0 aromatic heterocycles. The number of nitrogens with zero attached hydrogens (tertiary/aromatic N) is 1. The molecule has 0 atom stereocenters. The van der Waals surface area contributed by atoms with Crippen LogP contribution in [0.1, 0.15) is 37.4 Å². The van der Waals surface area contributed by atoms with Crippen molar-refractivity contribution in [2.45, 2.75) is 18.4 Å². The van der Waals surface area contributed by atoms with E-state index in [0.717, 1.165) is 24.3 Å². The molecule has 0 aliphatic carbocycles. The standard InChI is InChI=1S/C23H27NO10S/c1-14-15(8-17(25)10-19(14)22(28)29)12-35(31,32)13-16-9-18(26)11-20(21(16)27)23(30)34-7-4-24-2-5-33-6-3-24/h8-11,25-27H,2-7,12-13H2,1H3,(H,28,29). The fraction of sp³-hybridized carbons (Fsp3) is 0.391. The summed E-state index contributed by atoms with van der Waals surface area (Å²) in [4.78, 5) is 25.9. The highest BCUT2D eigenvalue weighted by molar-refractivity contribution is 7.89. The van der Waals surface area contributed by atoms with Crippen LogP contribution in [-0.4, -0.2) is 85.1 Å². The molecule has 0 bridgehead atoms. The van der Waals surface area contributed by atoms with E-state index in [1.165, 1.54) is 6.92 Å². The third-order valence-corrected chi connectivity index (χ3v) is 7.12. The van der Waals surface area contributed by atoms with Crippen molar-refractivity contribution >= 4 is 21.8 Å². The lowest BCUT2D eigenvalue weighted by molar-refractivity contribution is 0.0194. The Balaban J connectivity index is 1.75. The van der Waals surface area contributed by atoms with Crippen LogP contribution in [0.15, 0.2) is 24.3 Å². The highest BCUT2D eigenvalue weighted by Gasteiger charge is 2.24. The first kappa shape index (κ1) is 26.3. The highest BCUT2D eigenvalue weighted by Crippen LogP contribution is 2.31. The molecule has 2 aromatic rings. The maximum atomic E-state index is 12.9. The summed E-state index contributed by atoms with van der Waals surface area (Å²) in [6.45, 7) is 4.47. The van der Waals surface area contributed by atoms with Crippen LogP contribution in [0.2, 0.25) is 0 Å². The van der Waals surface area contributed by atoms with E-state index in [-0.39, 0.29) is 34.4 Å². The molecule has 0 saturated carbocycles. The fourth-order valence-corrected chi connectivity index (χ4v) is 5.34. The molecule has 12 heteroatoms. The Labute approximate surface area is 202 Å². The van der Waals surface area contributed by atoms with Crippen molar-refractivity contribution in [1.82, 2.24) is 4.90 Å². The van der Waals surface area contributed by atoms with Crippen molar-refractivity contribution in [2.24, 2.45) is 0 Å². The molecule has 190 valence electrons. The summed E-state index contributed by atoms with van der Waals surface area (Å²) < 4.78 is 36.1. The van der Waals surface area contributed by atoms with Gasteiger partial charge in [-0.25, -0.2) is 18.0 Å². The van der Waals surface area contributed by atoms with Gasteiger partial charge >= 0.3 is 11.9 Å². The zero-order valence-corrected chi connectivity index (χ0v) is 19.9. The van der Waals surface area contributed by atoms with E-state index < -0.39 is 50.5 Å². The number of phenols is 3. The smallest absolute Gasteiger partial charge is 0.342 e. The molecule has 1 aliphatic rings. The van der Waals surface area contributed by atoms with Gasteiger partial charge < -0.3 is 29.9 Å². The molecule has 1 saturated heterocycles. The van der Waals surface area contributed by atoms with Crippen LogP contribution in [0.4, 0.5) is 0 Å². The number of hydrogen-bond donors (Lipinski definition) is 4. The number of hydrogen-bond acceptors (Lipinski definition) is 10. The van der Waals surface area contributed by atoms with Gasteiger partial charge in [0.2, 0.25) is 0 Å². The molecule has 35 heavy (non-hydrogen) atoms. The second-order valence-electron chi connectivity index (χ2n) is 8.21. The van der Waals surface area contributed by atoms with E-state index in [9.17, 15) is 38.4 Å². The van der Waals surface area contributed by atoms with Crippen LogP contribution >= 0.6 is 0 Å². The van der Waals surface area contributed by atoms with E-state index >= 15 is 0 Å². The predicted octanol–water partition coefficient (Wildman–Crippen LogP) is 1.41. The molecule has 0 amide bonds. The highest BCUT2D eigenvalue weighted by atomic mass is 32.2. The Morgan fingerprint density at radius 2 is 1.54 bits per heavy atom. The summed E-state index contributed by atoms with van der Waals surface area (Å²) in [7, 11) is -4.03. The zero-order valence-electron chi connectivity index (χ0n) is 19.1. The number of benzene rings is 2. The van der Waals surface area contributed by atoms with E-state index in [2.05, 4.69) is 0 Å². The number of aromatic hydroxyl groups is 3. The number of morpholine rings is 1. The lowest BCUT2D eigenvalue weighted by Crippen LogP contribution is -2.38. The molecule has 3 rings (SSSR count). The Morgan fingerprint density at radius 3 is 2.17 bits per heavy atom. The first-order valence-corrected chi connectivity index (χ1v) is 12.6. The van der Waals surface area contributed by atoms with Crippen LogP contribution in [0.5, 0.6) is 17.2 Å². The molecule has 1 aliphatic heterocycles. The van der Waals surface area contributed by atoms with Gasteiger partial charge in [0.05, 0.1) is 30.3 Å². The van der Waals surface area contributed by atoms with Gasteiger partial charge in [-0.05, 0) is 42.3 Å². The molecule has 2 aromatic carbocycles. The number of carbonyl (C=O) groups excluding carboxylic acids is 1. The Kier molecular flexibility index (Phi) is 8.20. The second-order valence-corrected chi connectivity index (χ2v) is 10.3. The van der Waals surface area contributed by atoms with Gasteiger partial charge in [-0.3, -0.25) is 4.90 Å². The number of sulfone groups is 1. The molecule has 0 radical (unpaired) electrons. The number of phenolic OH excluding ortho intramolecular Hbond substituents is 3. The SMILES string of the molecule is Cc1c(CS(=O)(=O)Cc2cc(O)cc(C(=O)OCCN3CCOCC3)c2O)cc(O)cc1C(=O)O. The quantitative estimate of drug-likeness (QED) is 0.285. The number of carboxylic acids is 1. The average Bonchev–Trinajstić information content (AvgIpc) is 2.78. The van der Waals surface area contributed by atoms with Crippen LogP contribution in [-0.2, 0) is 30.8 Å². The Bertz CT molecular complexity index is 1220. The van der Waals surface area contributed by atoms with Crippen LogP contribution in [0.25, 0.3) is 0 Å². The van der Waals surface area contributed by atoms with Crippen molar-refractivity contribution in [2.75, 3.05) is 39.5 Å². The van der Waals surface area contributed by atoms with Crippen molar-refractivity contribution in [3.63, 3.8) is 0 Å². The monoisotopic (exact) mass is 509 g/mol. The summed E-state index contributed by atoms with van der Waals surface area (Å²) in [5.74, 6) is -5.10. The first-order valence-electron chi connectivity index (χ1n) is 10.7. The molecular formula is C23H27NO10S. The molecule has 1 heterocycles. The van der Waals surface area contributed by atoms with Gasteiger partial charge in [-0.15, -0.1) is 0 Å². The molecule has 4 N–H and O–H groups in total. The van der Waals surface area contributed by atoms with Gasteiger partial charge in [-0.2, -0.15) is 0 Å². The summed E-state index contributed by atoms with van der Waals surface area (Å²) in [6.07, 6.45) is 0. The number of aromatic carboxylic acids is 1. The minimum absolute atomic E-state index is 0.0320. The van der Waals surface area contributed by atoms with Gasteiger partial charge in [0.25, 0.3) is 0 Å². The molecule has 0 unspecified atom stereocenters. The Hall–Kier alpha value is -3.35. The number of carbonyl (C=O) groups is 2. The van der Waals surface area contributed by atoms with Crippen molar-refractivity contribution in [3.05, 3.63) is 52.1 Å².